The van der Waals surface area contributed by atoms with Gasteiger partial charge < -0.3 is 8.92 Å². The largest absolute Gasteiger partial charge is 0.573 e. The van der Waals surface area contributed by atoms with Crippen molar-refractivity contribution in [3.63, 3.8) is 0 Å². The highest BCUT2D eigenvalue weighted by molar-refractivity contribution is 7.87. The Kier molecular flexibility index (Phi) is 4.50. The number of rotatable bonds is 5. The molecule has 0 fully saturated rings. The molecule has 12 heteroatoms. The van der Waals surface area contributed by atoms with Crippen LogP contribution in [0.15, 0.2) is 59.8 Å². The third-order valence-corrected chi connectivity index (χ3v) is 4.24. The number of nitrogens with zero attached hydrogens (tertiary/aromatic N) is 4. The first-order valence-corrected chi connectivity index (χ1v) is 8.27. The SMILES string of the molecule is O=S(=O)(Oc1cccc(-n2cnnn2)c1)c1ccc(OC(F)(F)F)cc1. The van der Waals surface area contributed by atoms with Crippen LogP contribution in [0.25, 0.3) is 5.69 Å². The molecule has 0 saturated carbocycles. The van der Waals surface area contributed by atoms with Crippen molar-refractivity contribution in [1.29, 1.82) is 0 Å². The van der Waals surface area contributed by atoms with Gasteiger partial charge in [0.05, 0.1) is 5.69 Å². The molecule has 0 aliphatic rings. The van der Waals surface area contributed by atoms with Crippen LogP contribution in [0.5, 0.6) is 11.5 Å². The minimum Gasteiger partial charge on any atom is -0.406 e. The quantitative estimate of drug-likeness (QED) is 0.621. The Morgan fingerprint density at radius 3 is 2.35 bits per heavy atom. The summed E-state index contributed by atoms with van der Waals surface area (Å²) in [7, 11) is -4.26. The number of hydrogen-bond acceptors (Lipinski definition) is 7. The van der Waals surface area contributed by atoms with Crippen molar-refractivity contribution in [1.82, 2.24) is 20.2 Å². The van der Waals surface area contributed by atoms with E-state index in [0.29, 0.717) is 5.69 Å². The fourth-order valence-electron chi connectivity index (χ4n) is 1.94. The molecular weight excluding hydrogens is 377 g/mol. The third-order valence-electron chi connectivity index (χ3n) is 2.98. The summed E-state index contributed by atoms with van der Waals surface area (Å²) in [6, 6.07) is 9.58. The van der Waals surface area contributed by atoms with E-state index in [0.717, 1.165) is 24.3 Å². The van der Waals surface area contributed by atoms with Gasteiger partial charge in [0.2, 0.25) is 0 Å². The molecular formula is C14H9F3N4O4S. The van der Waals surface area contributed by atoms with Gasteiger partial charge in [-0.3, -0.25) is 0 Å². The Labute approximate surface area is 144 Å². The minimum atomic E-state index is -4.87. The summed E-state index contributed by atoms with van der Waals surface area (Å²) in [4.78, 5) is -0.333. The molecule has 3 rings (SSSR count). The van der Waals surface area contributed by atoms with Gasteiger partial charge >= 0.3 is 16.5 Å². The first kappa shape index (κ1) is 17.7. The smallest absolute Gasteiger partial charge is 0.406 e. The number of ether oxygens (including phenoxy) is 1. The van der Waals surface area contributed by atoms with Crippen LogP contribution in [0.1, 0.15) is 0 Å². The van der Waals surface area contributed by atoms with Crippen LogP contribution in [0.4, 0.5) is 13.2 Å². The molecule has 136 valence electrons. The third kappa shape index (κ3) is 4.27. The van der Waals surface area contributed by atoms with E-state index < -0.39 is 22.2 Å². The van der Waals surface area contributed by atoms with E-state index in [1.54, 1.807) is 6.07 Å². The van der Waals surface area contributed by atoms with Gasteiger partial charge in [0.25, 0.3) is 0 Å². The predicted octanol–water partition coefficient (Wildman–Crippen LogP) is 2.33. The number of benzene rings is 2. The summed E-state index contributed by atoms with van der Waals surface area (Å²) in [6.07, 6.45) is -3.56. The molecule has 1 heterocycles. The normalized spacial score (nSPS) is 12.0. The van der Waals surface area contributed by atoms with Crippen molar-refractivity contribution >= 4 is 10.1 Å². The Hall–Kier alpha value is -3.15. The van der Waals surface area contributed by atoms with Gasteiger partial charge in [0, 0.05) is 6.07 Å². The Balaban J connectivity index is 1.80. The molecule has 0 unspecified atom stereocenters. The molecule has 0 saturated heterocycles. The molecule has 8 nitrogen and oxygen atoms in total. The molecule has 0 aliphatic heterocycles. The first-order valence-electron chi connectivity index (χ1n) is 6.87. The molecule has 0 radical (unpaired) electrons. The molecule has 1 aromatic heterocycles. The lowest BCUT2D eigenvalue weighted by Crippen LogP contribution is -2.17. The summed E-state index contributed by atoms with van der Waals surface area (Å²) in [5, 5.41) is 10.6. The van der Waals surface area contributed by atoms with E-state index in [4.69, 9.17) is 4.18 Å². The van der Waals surface area contributed by atoms with E-state index in [-0.39, 0.29) is 10.6 Å². The highest BCUT2D eigenvalue weighted by Crippen LogP contribution is 2.25. The maximum atomic E-state index is 12.3. The molecule has 0 bridgehead atoms. The second kappa shape index (κ2) is 6.63. The fraction of sp³-hybridized carbons (Fsp3) is 0.0714. The molecule has 2 aromatic carbocycles. The number of halogens is 3. The zero-order valence-electron chi connectivity index (χ0n) is 12.7. The number of tetrazole rings is 1. The van der Waals surface area contributed by atoms with Crippen molar-refractivity contribution in [3.05, 3.63) is 54.9 Å². The van der Waals surface area contributed by atoms with Crippen molar-refractivity contribution in [2.45, 2.75) is 11.3 Å². The summed E-state index contributed by atoms with van der Waals surface area (Å²) in [5.41, 5.74) is 0.455. The van der Waals surface area contributed by atoms with Crippen LogP contribution in [-0.2, 0) is 10.1 Å². The molecule has 0 spiro atoms. The average molecular weight is 386 g/mol. The summed E-state index contributed by atoms with van der Waals surface area (Å²) >= 11 is 0. The van der Waals surface area contributed by atoms with Gasteiger partial charge in [-0.2, -0.15) is 8.42 Å². The van der Waals surface area contributed by atoms with E-state index in [9.17, 15) is 21.6 Å². The van der Waals surface area contributed by atoms with E-state index in [2.05, 4.69) is 20.3 Å². The van der Waals surface area contributed by atoms with Crippen LogP contribution in [0.3, 0.4) is 0 Å². The van der Waals surface area contributed by atoms with Gasteiger partial charge in [-0.15, -0.1) is 18.3 Å². The average Bonchev–Trinajstić information content (AvgIpc) is 3.08. The van der Waals surface area contributed by atoms with Crippen LogP contribution < -0.4 is 8.92 Å². The number of hydrogen-bond donors (Lipinski definition) is 0. The standard InChI is InChI=1S/C14H9F3N4O4S/c15-14(16,17)24-11-4-6-13(7-5-11)26(22,23)25-12-3-1-2-10(8-12)21-9-18-19-20-21/h1-9H. The van der Waals surface area contributed by atoms with E-state index in [1.807, 2.05) is 0 Å². The van der Waals surface area contributed by atoms with Crippen molar-refractivity contribution < 1.29 is 30.5 Å². The van der Waals surface area contributed by atoms with Crippen LogP contribution in [0.2, 0.25) is 0 Å². The van der Waals surface area contributed by atoms with Crippen molar-refractivity contribution in [2.24, 2.45) is 0 Å². The maximum absolute atomic E-state index is 12.3. The number of alkyl halides is 3. The highest BCUT2D eigenvalue weighted by Gasteiger charge is 2.31. The first-order chi connectivity index (χ1) is 12.2. The highest BCUT2D eigenvalue weighted by atomic mass is 32.2. The van der Waals surface area contributed by atoms with Gasteiger partial charge in [-0.05, 0) is 46.8 Å². The lowest BCUT2D eigenvalue weighted by molar-refractivity contribution is -0.274. The zero-order chi connectivity index (χ0) is 18.8. The topological polar surface area (TPSA) is 96.2 Å². The van der Waals surface area contributed by atoms with Crippen molar-refractivity contribution in [3.8, 4) is 17.2 Å². The molecule has 0 aliphatic carbocycles. The van der Waals surface area contributed by atoms with Crippen molar-refractivity contribution in [2.75, 3.05) is 0 Å². The Bertz CT molecular complexity index is 990. The van der Waals surface area contributed by atoms with Crippen LogP contribution >= 0.6 is 0 Å². The Morgan fingerprint density at radius 2 is 1.73 bits per heavy atom. The second-order valence-corrected chi connectivity index (χ2v) is 6.35. The summed E-state index contributed by atoms with van der Waals surface area (Å²) in [6.45, 7) is 0. The summed E-state index contributed by atoms with van der Waals surface area (Å²) < 4.78 is 70.9. The van der Waals surface area contributed by atoms with E-state index >= 15 is 0 Å². The van der Waals surface area contributed by atoms with Gasteiger partial charge in [-0.25, -0.2) is 4.68 Å². The Morgan fingerprint density at radius 1 is 1.00 bits per heavy atom. The molecule has 26 heavy (non-hydrogen) atoms. The van der Waals surface area contributed by atoms with Crippen LogP contribution in [0, 0.1) is 0 Å². The van der Waals surface area contributed by atoms with Gasteiger partial charge in [-0.1, -0.05) is 6.07 Å². The molecule has 0 atom stereocenters. The minimum absolute atomic E-state index is 0.0198. The lowest BCUT2D eigenvalue weighted by Gasteiger charge is -2.10. The fourth-order valence-corrected chi connectivity index (χ4v) is 2.86. The number of aromatic nitrogens is 4. The monoisotopic (exact) mass is 386 g/mol. The van der Waals surface area contributed by atoms with Crippen LogP contribution in [-0.4, -0.2) is 35.0 Å². The van der Waals surface area contributed by atoms with E-state index in [1.165, 1.54) is 29.2 Å². The maximum Gasteiger partial charge on any atom is 0.573 e. The predicted molar refractivity (Wildman–Crippen MR) is 80.1 cm³/mol. The zero-order valence-corrected chi connectivity index (χ0v) is 13.5. The second-order valence-electron chi connectivity index (χ2n) is 4.81. The molecule has 0 N–H and O–H groups in total. The van der Waals surface area contributed by atoms with Gasteiger partial charge in [0.15, 0.2) is 0 Å². The molecule has 0 amide bonds. The lowest BCUT2D eigenvalue weighted by atomic mass is 10.3. The summed E-state index contributed by atoms with van der Waals surface area (Å²) in [5.74, 6) is -0.564. The molecule has 3 aromatic rings. The van der Waals surface area contributed by atoms with Gasteiger partial charge in [0.1, 0.15) is 22.7 Å².